The van der Waals surface area contributed by atoms with E-state index in [2.05, 4.69) is 25.7 Å². The van der Waals surface area contributed by atoms with Gasteiger partial charge in [0.1, 0.15) is 5.82 Å². The second-order valence-electron chi connectivity index (χ2n) is 2.64. The number of hydrogen-bond acceptors (Lipinski definition) is 4. The van der Waals surface area contributed by atoms with Crippen molar-refractivity contribution in [3.63, 3.8) is 0 Å². The van der Waals surface area contributed by atoms with Gasteiger partial charge in [-0.2, -0.15) is 15.0 Å². The van der Waals surface area contributed by atoms with Crippen LogP contribution in [0.5, 0.6) is 0 Å². The number of hydrogen-bond donors (Lipinski definition) is 2. The average Bonchev–Trinajstić information content (AvgIpc) is 2.75. The van der Waals surface area contributed by atoms with Gasteiger partial charge in [-0.3, -0.25) is 9.89 Å². The molecule has 0 aromatic carbocycles. The molecule has 0 bridgehead atoms. The van der Waals surface area contributed by atoms with Gasteiger partial charge in [0.25, 0.3) is 5.91 Å². The van der Waals surface area contributed by atoms with Crippen LogP contribution in [0.1, 0.15) is 10.5 Å². The molecule has 0 atom stereocenters. The van der Waals surface area contributed by atoms with Gasteiger partial charge in [-0.05, 0) is 0 Å². The molecular weight excluding hydrogens is 184 g/mol. The van der Waals surface area contributed by atoms with Crippen LogP contribution in [0.3, 0.4) is 0 Å². The minimum Gasteiger partial charge on any atom is -0.305 e. The molecule has 2 heterocycles. The number of rotatable bonds is 2. The summed E-state index contributed by atoms with van der Waals surface area (Å²) in [5.74, 6) is 0.211. The molecule has 7 heteroatoms. The summed E-state index contributed by atoms with van der Waals surface area (Å²) in [6.07, 6.45) is 2.94. The SMILES string of the molecule is Cn1ncc(C(=O)Nc2ccn[nH]2)n1. The van der Waals surface area contributed by atoms with E-state index in [4.69, 9.17) is 0 Å². The molecule has 0 radical (unpaired) electrons. The third-order valence-electron chi connectivity index (χ3n) is 1.58. The minimum absolute atomic E-state index is 0.266. The minimum atomic E-state index is -0.317. The Bertz CT molecular complexity index is 431. The molecular formula is C7H8N6O. The summed E-state index contributed by atoms with van der Waals surface area (Å²) in [5, 5.41) is 16.5. The van der Waals surface area contributed by atoms with Crippen LogP contribution >= 0.6 is 0 Å². The molecule has 1 amide bonds. The van der Waals surface area contributed by atoms with E-state index in [9.17, 15) is 4.79 Å². The van der Waals surface area contributed by atoms with Gasteiger partial charge in [0.2, 0.25) is 0 Å². The summed E-state index contributed by atoms with van der Waals surface area (Å²) in [7, 11) is 1.65. The summed E-state index contributed by atoms with van der Waals surface area (Å²) in [5.41, 5.74) is 0.266. The second-order valence-corrected chi connectivity index (χ2v) is 2.64. The molecule has 2 rings (SSSR count). The Morgan fingerprint density at radius 2 is 2.50 bits per heavy atom. The van der Waals surface area contributed by atoms with E-state index in [-0.39, 0.29) is 11.6 Å². The Balaban J connectivity index is 2.10. The van der Waals surface area contributed by atoms with Crippen LogP contribution in [0.4, 0.5) is 5.82 Å². The van der Waals surface area contributed by atoms with Gasteiger partial charge >= 0.3 is 0 Å². The molecule has 2 aromatic rings. The number of carbonyl (C=O) groups is 1. The Morgan fingerprint density at radius 3 is 3.07 bits per heavy atom. The fourth-order valence-electron chi connectivity index (χ4n) is 0.962. The molecule has 0 saturated heterocycles. The lowest BCUT2D eigenvalue weighted by molar-refractivity contribution is 0.102. The quantitative estimate of drug-likeness (QED) is 0.689. The highest BCUT2D eigenvalue weighted by atomic mass is 16.2. The first kappa shape index (κ1) is 8.42. The van der Waals surface area contributed by atoms with Crippen molar-refractivity contribution in [2.45, 2.75) is 0 Å². The lowest BCUT2D eigenvalue weighted by Gasteiger charge is -1.96. The van der Waals surface area contributed by atoms with Crippen LogP contribution in [-0.4, -0.2) is 31.1 Å². The molecule has 0 fully saturated rings. The molecule has 0 spiro atoms. The monoisotopic (exact) mass is 192 g/mol. The van der Waals surface area contributed by atoms with Gasteiger partial charge in [-0.25, -0.2) is 0 Å². The van der Waals surface area contributed by atoms with Crippen LogP contribution < -0.4 is 5.32 Å². The number of aryl methyl sites for hydroxylation is 1. The third kappa shape index (κ3) is 1.60. The number of nitrogens with zero attached hydrogens (tertiary/aromatic N) is 4. The fourth-order valence-corrected chi connectivity index (χ4v) is 0.962. The number of anilines is 1. The van der Waals surface area contributed by atoms with E-state index in [0.29, 0.717) is 5.82 Å². The molecule has 2 aromatic heterocycles. The first-order valence-electron chi connectivity index (χ1n) is 3.93. The predicted molar refractivity (Wildman–Crippen MR) is 47.5 cm³/mol. The normalized spacial score (nSPS) is 10.1. The summed E-state index contributed by atoms with van der Waals surface area (Å²) in [6.45, 7) is 0. The molecule has 0 aliphatic carbocycles. The topological polar surface area (TPSA) is 88.5 Å². The van der Waals surface area contributed by atoms with Crippen molar-refractivity contribution in [1.29, 1.82) is 0 Å². The number of aromatic amines is 1. The summed E-state index contributed by atoms with van der Waals surface area (Å²) >= 11 is 0. The first-order valence-corrected chi connectivity index (χ1v) is 3.93. The average molecular weight is 192 g/mol. The van der Waals surface area contributed by atoms with Crippen LogP contribution in [0.2, 0.25) is 0 Å². The van der Waals surface area contributed by atoms with E-state index < -0.39 is 0 Å². The predicted octanol–water partition coefficient (Wildman–Crippen LogP) is -0.210. The van der Waals surface area contributed by atoms with Gasteiger partial charge in [-0.1, -0.05) is 0 Å². The summed E-state index contributed by atoms with van der Waals surface area (Å²) in [4.78, 5) is 12.8. The van der Waals surface area contributed by atoms with Crippen molar-refractivity contribution in [2.75, 3.05) is 5.32 Å². The summed E-state index contributed by atoms with van der Waals surface area (Å²) < 4.78 is 0. The largest absolute Gasteiger partial charge is 0.305 e. The van der Waals surface area contributed by atoms with Gasteiger partial charge < -0.3 is 5.32 Å². The van der Waals surface area contributed by atoms with Gasteiger partial charge in [-0.15, -0.1) is 5.10 Å². The van der Waals surface area contributed by atoms with Crippen LogP contribution in [0.15, 0.2) is 18.5 Å². The molecule has 14 heavy (non-hydrogen) atoms. The standard InChI is InChI=1S/C7H8N6O/c1-13-9-4-5(12-13)7(14)10-6-2-3-8-11-6/h2-4H,1H3,(H2,8,10,11,14). The van der Waals surface area contributed by atoms with Crippen LogP contribution in [0.25, 0.3) is 0 Å². The number of amides is 1. The van der Waals surface area contributed by atoms with Gasteiger partial charge in [0.15, 0.2) is 5.69 Å². The Kier molecular flexibility index (Phi) is 1.98. The maximum absolute atomic E-state index is 11.5. The molecule has 0 aliphatic heterocycles. The zero-order chi connectivity index (χ0) is 9.97. The molecule has 0 saturated carbocycles. The van der Waals surface area contributed by atoms with Crippen LogP contribution in [-0.2, 0) is 7.05 Å². The number of nitrogens with one attached hydrogen (secondary N) is 2. The Labute approximate surface area is 79.1 Å². The van der Waals surface area contributed by atoms with Crippen molar-refractivity contribution < 1.29 is 4.79 Å². The third-order valence-corrected chi connectivity index (χ3v) is 1.58. The fraction of sp³-hybridized carbons (Fsp3) is 0.143. The summed E-state index contributed by atoms with van der Waals surface area (Å²) in [6, 6.07) is 1.65. The van der Waals surface area contributed by atoms with Crippen molar-refractivity contribution >= 4 is 11.7 Å². The molecule has 0 aliphatic rings. The zero-order valence-electron chi connectivity index (χ0n) is 7.43. The smallest absolute Gasteiger partial charge is 0.278 e. The first-order chi connectivity index (χ1) is 6.75. The van der Waals surface area contributed by atoms with E-state index in [0.717, 1.165) is 0 Å². The molecule has 72 valence electrons. The van der Waals surface area contributed by atoms with Crippen molar-refractivity contribution in [3.05, 3.63) is 24.2 Å². The molecule has 2 N–H and O–H groups in total. The Hall–Kier alpha value is -2.18. The second kappa shape index (κ2) is 3.29. The molecule has 7 nitrogen and oxygen atoms in total. The highest BCUT2D eigenvalue weighted by molar-refractivity contribution is 6.01. The van der Waals surface area contributed by atoms with E-state index >= 15 is 0 Å². The van der Waals surface area contributed by atoms with E-state index in [1.165, 1.54) is 11.0 Å². The lowest BCUT2D eigenvalue weighted by Crippen LogP contribution is -2.13. The zero-order valence-corrected chi connectivity index (χ0v) is 7.43. The van der Waals surface area contributed by atoms with Crippen LogP contribution in [0, 0.1) is 0 Å². The van der Waals surface area contributed by atoms with E-state index in [1.54, 1.807) is 19.3 Å². The Morgan fingerprint density at radius 1 is 1.64 bits per heavy atom. The highest BCUT2D eigenvalue weighted by Gasteiger charge is 2.09. The van der Waals surface area contributed by atoms with Gasteiger partial charge in [0, 0.05) is 13.1 Å². The highest BCUT2D eigenvalue weighted by Crippen LogP contribution is 2.01. The van der Waals surface area contributed by atoms with E-state index in [1.807, 2.05) is 0 Å². The molecule has 0 unspecified atom stereocenters. The maximum atomic E-state index is 11.5. The maximum Gasteiger partial charge on any atom is 0.278 e. The van der Waals surface area contributed by atoms with Crippen molar-refractivity contribution in [3.8, 4) is 0 Å². The number of carbonyl (C=O) groups excluding carboxylic acids is 1. The van der Waals surface area contributed by atoms with Gasteiger partial charge in [0.05, 0.1) is 12.4 Å². The van der Waals surface area contributed by atoms with Crippen molar-refractivity contribution in [1.82, 2.24) is 25.2 Å². The van der Waals surface area contributed by atoms with Crippen molar-refractivity contribution in [2.24, 2.45) is 7.05 Å². The lowest BCUT2D eigenvalue weighted by atomic mass is 10.4. The number of H-pyrrole nitrogens is 1. The number of aromatic nitrogens is 5.